The molecule has 2 aromatic heterocycles. The molecule has 5 rings (SSSR count). The number of benzene rings is 3. The lowest BCUT2D eigenvalue weighted by Crippen LogP contribution is -1.93. The summed E-state index contributed by atoms with van der Waals surface area (Å²) in [4.78, 5) is 11.1. The fourth-order valence-electron chi connectivity index (χ4n) is 3.40. The van der Waals surface area contributed by atoms with Crippen LogP contribution >= 0.6 is 11.6 Å². The van der Waals surface area contributed by atoms with Gasteiger partial charge in [-0.2, -0.15) is 0 Å². The summed E-state index contributed by atoms with van der Waals surface area (Å²) in [7, 11) is 0. The van der Waals surface area contributed by atoms with Crippen molar-refractivity contribution in [1.29, 1.82) is 0 Å². The predicted octanol–water partition coefficient (Wildman–Crippen LogP) is 5.86. The third-order valence-electron chi connectivity index (χ3n) is 4.52. The average molecular weight is 366 g/mol. The zero-order chi connectivity index (χ0) is 17.8. The van der Waals surface area contributed by atoms with Crippen LogP contribution in [0.25, 0.3) is 44.0 Å². The van der Waals surface area contributed by atoms with Gasteiger partial charge in [0.2, 0.25) is 0 Å². The first-order valence-corrected chi connectivity index (χ1v) is 8.30. The molecular weight excluding hydrogens is 356 g/mol. The number of nitrogens with one attached hydrogen (secondary N) is 1. The smallest absolute Gasteiger partial charge is 0.155 e. The first kappa shape index (κ1) is 15.2. The highest BCUT2D eigenvalue weighted by molar-refractivity contribution is 6.33. The standard InChI is InChI=1S/C20H10ClF2N3/c21-10-5-6-13-14(7-10)11-3-1-2-4-12(11)18-19(13)26-20(25-18)17-15(22)8-24-9-16(17)23/h1-9H,(H,25,26). The van der Waals surface area contributed by atoms with Crippen LogP contribution in [0.5, 0.6) is 0 Å². The number of rotatable bonds is 1. The Bertz CT molecular complexity index is 1310. The number of aromatic nitrogens is 3. The van der Waals surface area contributed by atoms with Crippen LogP contribution < -0.4 is 0 Å². The van der Waals surface area contributed by atoms with Crippen LogP contribution in [0.2, 0.25) is 5.02 Å². The van der Waals surface area contributed by atoms with E-state index in [9.17, 15) is 8.78 Å². The van der Waals surface area contributed by atoms with Gasteiger partial charge in [0.1, 0.15) is 5.82 Å². The van der Waals surface area contributed by atoms with Crippen molar-refractivity contribution in [3.63, 3.8) is 0 Å². The monoisotopic (exact) mass is 365 g/mol. The number of hydrogen-bond donors (Lipinski definition) is 1. The molecule has 0 bridgehead atoms. The lowest BCUT2D eigenvalue weighted by molar-refractivity contribution is 0.578. The van der Waals surface area contributed by atoms with Gasteiger partial charge in [0.15, 0.2) is 11.6 Å². The van der Waals surface area contributed by atoms with Crippen LogP contribution in [0.1, 0.15) is 0 Å². The van der Waals surface area contributed by atoms with Gasteiger partial charge in [0, 0.05) is 15.8 Å². The van der Waals surface area contributed by atoms with Gasteiger partial charge in [-0.15, -0.1) is 0 Å². The van der Waals surface area contributed by atoms with Gasteiger partial charge < -0.3 is 4.98 Å². The van der Waals surface area contributed by atoms with E-state index in [-0.39, 0.29) is 11.4 Å². The van der Waals surface area contributed by atoms with Gasteiger partial charge in [-0.25, -0.2) is 13.8 Å². The van der Waals surface area contributed by atoms with Crippen molar-refractivity contribution < 1.29 is 8.78 Å². The summed E-state index contributed by atoms with van der Waals surface area (Å²) in [5, 5.41) is 4.32. The van der Waals surface area contributed by atoms with E-state index >= 15 is 0 Å². The summed E-state index contributed by atoms with van der Waals surface area (Å²) in [6, 6.07) is 13.3. The summed E-state index contributed by atoms with van der Waals surface area (Å²) in [5.41, 5.74) is 1.14. The summed E-state index contributed by atoms with van der Waals surface area (Å²) < 4.78 is 28.3. The van der Waals surface area contributed by atoms with E-state index in [1.165, 1.54) is 0 Å². The van der Waals surface area contributed by atoms with Crippen molar-refractivity contribution in [1.82, 2.24) is 15.0 Å². The summed E-state index contributed by atoms with van der Waals surface area (Å²) in [6.45, 7) is 0. The van der Waals surface area contributed by atoms with E-state index in [1.807, 2.05) is 36.4 Å². The zero-order valence-electron chi connectivity index (χ0n) is 13.2. The molecule has 2 heterocycles. The van der Waals surface area contributed by atoms with Crippen molar-refractivity contribution in [2.75, 3.05) is 0 Å². The Balaban J connectivity index is 1.98. The van der Waals surface area contributed by atoms with E-state index < -0.39 is 11.6 Å². The van der Waals surface area contributed by atoms with Gasteiger partial charge in [0.25, 0.3) is 0 Å². The van der Waals surface area contributed by atoms with Crippen LogP contribution in [0.15, 0.2) is 54.9 Å². The maximum atomic E-state index is 14.2. The van der Waals surface area contributed by atoms with Crippen molar-refractivity contribution in [2.45, 2.75) is 0 Å². The number of nitrogens with zero attached hydrogens (tertiary/aromatic N) is 2. The van der Waals surface area contributed by atoms with E-state index in [1.54, 1.807) is 6.07 Å². The largest absolute Gasteiger partial charge is 0.337 e. The van der Waals surface area contributed by atoms with Crippen molar-refractivity contribution in [3.8, 4) is 11.4 Å². The van der Waals surface area contributed by atoms with Crippen LogP contribution in [0.3, 0.4) is 0 Å². The molecule has 0 aliphatic heterocycles. The minimum atomic E-state index is -0.763. The molecule has 0 aliphatic carbocycles. The third-order valence-corrected chi connectivity index (χ3v) is 4.75. The Morgan fingerprint density at radius 2 is 1.58 bits per heavy atom. The van der Waals surface area contributed by atoms with E-state index in [0.29, 0.717) is 16.1 Å². The minimum Gasteiger partial charge on any atom is -0.337 e. The van der Waals surface area contributed by atoms with E-state index in [4.69, 9.17) is 11.6 Å². The number of aromatic amines is 1. The molecule has 3 nitrogen and oxygen atoms in total. The Hall–Kier alpha value is -3.05. The molecule has 1 N–H and O–H groups in total. The predicted molar refractivity (Wildman–Crippen MR) is 99.3 cm³/mol. The molecule has 0 unspecified atom stereocenters. The molecule has 0 saturated heterocycles. The molecule has 26 heavy (non-hydrogen) atoms. The molecular formula is C20H10ClF2N3. The van der Waals surface area contributed by atoms with Crippen LogP contribution in [-0.4, -0.2) is 15.0 Å². The van der Waals surface area contributed by atoms with Crippen molar-refractivity contribution >= 4 is 44.2 Å². The van der Waals surface area contributed by atoms with Gasteiger partial charge in [-0.1, -0.05) is 41.9 Å². The second-order valence-corrected chi connectivity index (χ2v) is 6.46. The molecule has 5 aromatic rings. The highest BCUT2D eigenvalue weighted by Gasteiger charge is 2.18. The maximum Gasteiger partial charge on any atom is 0.155 e. The normalized spacial score (nSPS) is 11.7. The van der Waals surface area contributed by atoms with Crippen LogP contribution in [0, 0.1) is 11.6 Å². The summed E-state index contributed by atoms with van der Waals surface area (Å²) in [6.07, 6.45) is 1.95. The molecule has 0 saturated carbocycles. The van der Waals surface area contributed by atoms with Gasteiger partial charge >= 0.3 is 0 Å². The SMILES string of the molecule is Fc1cncc(F)c1-c1nc2c3ccccc3c3cc(Cl)ccc3c2[nH]1. The molecule has 126 valence electrons. The number of imidazole rings is 1. The molecule has 0 amide bonds. The highest BCUT2D eigenvalue weighted by atomic mass is 35.5. The zero-order valence-corrected chi connectivity index (χ0v) is 14.0. The van der Waals surface area contributed by atoms with Crippen molar-refractivity contribution in [3.05, 3.63) is 71.5 Å². The van der Waals surface area contributed by atoms with Crippen molar-refractivity contribution in [2.24, 2.45) is 0 Å². The Labute approximate surface area is 151 Å². The average Bonchev–Trinajstić information content (AvgIpc) is 3.07. The first-order chi connectivity index (χ1) is 12.6. The molecule has 0 fully saturated rings. The van der Waals surface area contributed by atoms with Crippen LogP contribution in [-0.2, 0) is 0 Å². The lowest BCUT2D eigenvalue weighted by atomic mass is 10.0. The lowest BCUT2D eigenvalue weighted by Gasteiger charge is -2.06. The molecule has 6 heteroatoms. The number of fused-ring (bicyclic) bond motifs is 6. The Kier molecular flexibility index (Phi) is 3.21. The molecule has 3 aromatic carbocycles. The molecule has 0 atom stereocenters. The van der Waals surface area contributed by atoms with Gasteiger partial charge in [-0.3, -0.25) is 4.98 Å². The number of hydrogen-bond acceptors (Lipinski definition) is 2. The number of halogens is 3. The number of H-pyrrole nitrogens is 1. The quantitative estimate of drug-likeness (QED) is 0.378. The van der Waals surface area contributed by atoms with E-state index in [0.717, 1.165) is 33.9 Å². The second-order valence-electron chi connectivity index (χ2n) is 6.02. The third kappa shape index (κ3) is 2.10. The summed E-state index contributed by atoms with van der Waals surface area (Å²) >= 11 is 6.18. The highest BCUT2D eigenvalue weighted by Crippen LogP contribution is 2.36. The Morgan fingerprint density at radius 1 is 0.846 bits per heavy atom. The number of pyridine rings is 1. The van der Waals surface area contributed by atoms with Gasteiger partial charge in [-0.05, 0) is 22.9 Å². The topological polar surface area (TPSA) is 41.6 Å². The first-order valence-electron chi connectivity index (χ1n) is 7.92. The fourth-order valence-corrected chi connectivity index (χ4v) is 3.57. The molecule has 0 radical (unpaired) electrons. The second kappa shape index (κ2) is 5.47. The van der Waals surface area contributed by atoms with E-state index in [2.05, 4.69) is 15.0 Å². The van der Waals surface area contributed by atoms with Crippen LogP contribution in [0.4, 0.5) is 8.78 Å². The molecule has 0 spiro atoms. The van der Waals surface area contributed by atoms with Gasteiger partial charge in [0.05, 0.1) is 29.0 Å². The summed E-state index contributed by atoms with van der Waals surface area (Å²) in [5.74, 6) is -1.40. The fraction of sp³-hybridized carbons (Fsp3) is 0. The molecule has 0 aliphatic rings. The Morgan fingerprint density at radius 3 is 2.35 bits per heavy atom. The maximum absolute atomic E-state index is 14.2. The minimum absolute atomic E-state index is 0.130.